The highest BCUT2D eigenvalue weighted by atomic mass is 16.5. The van der Waals surface area contributed by atoms with Crippen LogP contribution < -0.4 is 5.73 Å². The maximum absolute atomic E-state index is 6.05. The fraction of sp³-hybridized carbons (Fsp3) is 1.00. The predicted molar refractivity (Wildman–Crippen MR) is 63.4 cm³/mol. The van der Waals surface area contributed by atoms with E-state index in [4.69, 9.17) is 15.2 Å². The summed E-state index contributed by atoms with van der Waals surface area (Å²) in [4.78, 5) is 2.56. The third-order valence-corrected chi connectivity index (χ3v) is 4.02. The minimum atomic E-state index is 0.0922. The molecule has 2 fully saturated rings. The second kappa shape index (κ2) is 4.61. The number of nitrogens with two attached hydrogens (primary N) is 1. The number of hydrogen-bond acceptors (Lipinski definition) is 4. The number of morpholine rings is 1. The molecule has 2 heterocycles. The van der Waals surface area contributed by atoms with E-state index >= 15 is 0 Å². The summed E-state index contributed by atoms with van der Waals surface area (Å²) in [6.07, 6.45) is 2.10. The first-order valence-electron chi connectivity index (χ1n) is 6.24. The van der Waals surface area contributed by atoms with Gasteiger partial charge in [0.05, 0.1) is 13.2 Å². The van der Waals surface area contributed by atoms with Gasteiger partial charge in [0.25, 0.3) is 0 Å². The Morgan fingerprint density at radius 3 is 2.38 bits per heavy atom. The summed E-state index contributed by atoms with van der Waals surface area (Å²) in [6, 6.07) is 0. The van der Waals surface area contributed by atoms with Crippen LogP contribution in [0.3, 0.4) is 0 Å². The maximum atomic E-state index is 6.05. The van der Waals surface area contributed by atoms with Gasteiger partial charge in [-0.25, -0.2) is 0 Å². The molecule has 0 spiro atoms. The summed E-state index contributed by atoms with van der Waals surface area (Å²) < 4.78 is 11.1. The van der Waals surface area contributed by atoms with E-state index in [-0.39, 0.29) is 11.1 Å². The first kappa shape index (κ1) is 12.3. The van der Waals surface area contributed by atoms with Crippen molar-refractivity contribution in [3.63, 3.8) is 0 Å². The van der Waals surface area contributed by atoms with Gasteiger partial charge in [0.2, 0.25) is 0 Å². The molecule has 0 aromatic heterocycles. The van der Waals surface area contributed by atoms with Crippen LogP contribution in [0.5, 0.6) is 0 Å². The van der Waals surface area contributed by atoms with Gasteiger partial charge < -0.3 is 15.2 Å². The van der Waals surface area contributed by atoms with E-state index in [0.717, 1.165) is 52.4 Å². The van der Waals surface area contributed by atoms with Gasteiger partial charge in [-0.05, 0) is 26.7 Å². The van der Waals surface area contributed by atoms with Crippen LogP contribution in [0.4, 0.5) is 0 Å². The minimum absolute atomic E-state index is 0.0922. The highest BCUT2D eigenvalue weighted by molar-refractivity contribution is 5.01. The van der Waals surface area contributed by atoms with Gasteiger partial charge in [0.15, 0.2) is 0 Å². The molecule has 0 atom stereocenters. The lowest BCUT2D eigenvalue weighted by Gasteiger charge is -2.55. The first-order valence-corrected chi connectivity index (χ1v) is 6.24. The van der Waals surface area contributed by atoms with E-state index < -0.39 is 0 Å². The summed E-state index contributed by atoms with van der Waals surface area (Å²) in [6.45, 7) is 9.51. The molecular formula is C12H24N2O2. The lowest BCUT2D eigenvalue weighted by Crippen LogP contribution is -2.67. The van der Waals surface area contributed by atoms with Crippen LogP contribution in [0, 0.1) is 0 Å². The average Bonchev–Trinajstić information content (AvgIpc) is 2.29. The predicted octanol–water partition coefficient (Wildman–Crippen LogP) is 0.605. The largest absolute Gasteiger partial charge is 0.381 e. The minimum Gasteiger partial charge on any atom is -0.381 e. The van der Waals surface area contributed by atoms with Gasteiger partial charge in [-0.2, -0.15) is 0 Å². The molecule has 2 N–H and O–H groups in total. The number of ether oxygens (including phenoxy) is 2. The highest BCUT2D eigenvalue weighted by Gasteiger charge is 2.45. The number of hydrogen-bond donors (Lipinski definition) is 1. The Balaban J connectivity index is 2.18. The number of rotatable bonds is 2. The number of nitrogens with zero attached hydrogens (tertiary/aromatic N) is 1. The topological polar surface area (TPSA) is 47.7 Å². The van der Waals surface area contributed by atoms with E-state index in [2.05, 4.69) is 18.7 Å². The van der Waals surface area contributed by atoms with E-state index in [1.807, 2.05) is 0 Å². The van der Waals surface area contributed by atoms with Crippen molar-refractivity contribution in [2.24, 2.45) is 5.73 Å². The van der Waals surface area contributed by atoms with Gasteiger partial charge in [-0.1, -0.05) is 0 Å². The highest BCUT2D eigenvalue weighted by Crippen LogP contribution is 2.34. The summed E-state index contributed by atoms with van der Waals surface area (Å²) >= 11 is 0. The average molecular weight is 228 g/mol. The Morgan fingerprint density at radius 1 is 1.12 bits per heavy atom. The van der Waals surface area contributed by atoms with Gasteiger partial charge in [0, 0.05) is 37.4 Å². The Kier molecular flexibility index (Phi) is 3.54. The summed E-state index contributed by atoms with van der Waals surface area (Å²) in [7, 11) is 0. The zero-order chi connectivity index (χ0) is 11.6. The van der Waals surface area contributed by atoms with Crippen LogP contribution in [0.15, 0.2) is 0 Å². The molecule has 0 aromatic rings. The van der Waals surface area contributed by atoms with Crippen molar-refractivity contribution >= 4 is 0 Å². The fourth-order valence-corrected chi connectivity index (χ4v) is 3.07. The van der Waals surface area contributed by atoms with Gasteiger partial charge >= 0.3 is 0 Å². The fourth-order valence-electron chi connectivity index (χ4n) is 3.07. The molecule has 16 heavy (non-hydrogen) atoms. The van der Waals surface area contributed by atoms with E-state index in [9.17, 15) is 0 Å². The molecule has 2 aliphatic heterocycles. The SMILES string of the molecule is CC1(C)COCCN1C1(CN)CCOCC1. The lowest BCUT2D eigenvalue weighted by molar-refractivity contribution is -0.130. The normalized spacial score (nSPS) is 30.2. The Labute approximate surface area is 98.1 Å². The molecule has 2 saturated heterocycles. The molecule has 0 bridgehead atoms. The van der Waals surface area contributed by atoms with Crippen molar-refractivity contribution in [1.82, 2.24) is 4.90 Å². The molecule has 0 unspecified atom stereocenters. The van der Waals surface area contributed by atoms with Crippen LogP contribution >= 0.6 is 0 Å². The Morgan fingerprint density at radius 2 is 1.81 bits per heavy atom. The molecule has 0 aromatic carbocycles. The van der Waals surface area contributed by atoms with Crippen LogP contribution in [-0.4, -0.2) is 55.5 Å². The quantitative estimate of drug-likeness (QED) is 0.752. The molecule has 4 nitrogen and oxygen atoms in total. The van der Waals surface area contributed by atoms with E-state index in [1.54, 1.807) is 0 Å². The third kappa shape index (κ3) is 2.12. The van der Waals surface area contributed by atoms with Crippen molar-refractivity contribution in [2.75, 3.05) is 39.5 Å². The van der Waals surface area contributed by atoms with Crippen molar-refractivity contribution < 1.29 is 9.47 Å². The Hall–Kier alpha value is -0.160. The van der Waals surface area contributed by atoms with Gasteiger partial charge in [-0.15, -0.1) is 0 Å². The summed E-state index contributed by atoms with van der Waals surface area (Å²) in [5, 5.41) is 0. The van der Waals surface area contributed by atoms with Crippen molar-refractivity contribution in [1.29, 1.82) is 0 Å². The molecule has 0 aliphatic carbocycles. The second-order valence-electron chi connectivity index (χ2n) is 5.56. The standard InChI is InChI=1S/C12H24N2O2/c1-11(2)10-16-8-5-14(11)12(9-13)3-6-15-7-4-12/h3-10,13H2,1-2H3. The smallest absolute Gasteiger partial charge is 0.0645 e. The molecule has 94 valence electrons. The van der Waals surface area contributed by atoms with Crippen LogP contribution in [0.1, 0.15) is 26.7 Å². The molecule has 2 aliphatic rings. The molecule has 0 radical (unpaired) electrons. The molecule has 4 heteroatoms. The Bertz CT molecular complexity index is 237. The summed E-state index contributed by atoms with van der Waals surface area (Å²) in [5.41, 5.74) is 6.27. The summed E-state index contributed by atoms with van der Waals surface area (Å²) in [5.74, 6) is 0. The first-order chi connectivity index (χ1) is 7.61. The van der Waals surface area contributed by atoms with Crippen molar-refractivity contribution in [3.8, 4) is 0 Å². The van der Waals surface area contributed by atoms with E-state index in [1.165, 1.54) is 0 Å². The van der Waals surface area contributed by atoms with Crippen LogP contribution in [-0.2, 0) is 9.47 Å². The molecule has 2 rings (SSSR count). The lowest BCUT2D eigenvalue weighted by atomic mass is 9.83. The third-order valence-electron chi connectivity index (χ3n) is 4.02. The molecule has 0 amide bonds. The maximum Gasteiger partial charge on any atom is 0.0645 e. The molecular weight excluding hydrogens is 204 g/mol. The van der Waals surface area contributed by atoms with E-state index in [0.29, 0.717) is 0 Å². The van der Waals surface area contributed by atoms with Crippen molar-refractivity contribution in [2.45, 2.75) is 37.8 Å². The van der Waals surface area contributed by atoms with Crippen LogP contribution in [0.25, 0.3) is 0 Å². The van der Waals surface area contributed by atoms with Gasteiger partial charge in [0.1, 0.15) is 0 Å². The molecule has 0 saturated carbocycles. The van der Waals surface area contributed by atoms with Crippen LogP contribution in [0.2, 0.25) is 0 Å². The van der Waals surface area contributed by atoms with Crippen molar-refractivity contribution in [3.05, 3.63) is 0 Å². The monoisotopic (exact) mass is 228 g/mol. The zero-order valence-corrected chi connectivity index (χ0v) is 10.5. The second-order valence-corrected chi connectivity index (χ2v) is 5.56. The zero-order valence-electron chi connectivity index (χ0n) is 10.5. The van der Waals surface area contributed by atoms with Gasteiger partial charge in [-0.3, -0.25) is 4.90 Å².